The van der Waals surface area contributed by atoms with Gasteiger partial charge < -0.3 is 15.4 Å². The van der Waals surface area contributed by atoms with E-state index in [0.717, 1.165) is 23.9 Å². The van der Waals surface area contributed by atoms with Gasteiger partial charge in [0, 0.05) is 11.0 Å². The molecule has 0 aliphatic heterocycles. The number of carbonyl (C=O) groups is 1. The molecule has 2 rings (SSSR count). The van der Waals surface area contributed by atoms with Crippen LogP contribution in [0.1, 0.15) is 12.8 Å². The van der Waals surface area contributed by atoms with E-state index >= 15 is 0 Å². The molecule has 1 aromatic rings. The SMILES string of the molecule is CNCC1(C(=O)Nc2cc(Br)ccc2OC)CC1. The van der Waals surface area contributed by atoms with E-state index in [1.807, 2.05) is 25.2 Å². The van der Waals surface area contributed by atoms with Crippen LogP contribution in [0.15, 0.2) is 22.7 Å². The summed E-state index contributed by atoms with van der Waals surface area (Å²) in [6.45, 7) is 0.717. The maximum Gasteiger partial charge on any atom is 0.231 e. The van der Waals surface area contributed by atoms with Crippen molar-refractivity contribution in [1.82, 2.24) is 5.32 Å². The number of amides is 1. The Bertz CT molecular complexity index is 458. The highest BCUT2D eigenvalue weighted by atomic mass is 79.9. The van der Waals surface area contributed by atoms with Crippen molar-refractivity contribution in [3.05, 3.63) is 22.7 Å². The van der Waals surface area contributed by atoms with Crippen molar-refractivity contribution in [3.63, 3.8) is 0 Å². The third-order valence-corrected chi connectivity index (χ3v) is 3.75. The van der Waals surface area contributed by atoms with Gasteiger partial charge >= 0.3 is 0 Å². The summed E-state index contributed by atoms with van der Waals surface area (Å²) < 4.78 is 6.16. The zero-order chi connectivity index (χ0) is 13.2. The van der Waals surface area contributed by atoms with Crippen molar-refractivity contribution >= 4 is 27.5 Å². The average molecular weight is 313 g/mol. The summed E-state index contributed by atoms with van der Waals surface area (Å²) in [6, 6.07) is 5.57. The molecule has 1 saturated carbocycles. The summed E-state index contributed by atoms with van der Waals surface area (Å²) in [4.78, 5) is 12.2. The van der Waals surface area contributed by atoms with E-state index in [2.05, 4.69) is 26.6 Å². The molecule has 0 aromatic heterocycles. The largest absolute Gasteiger partial charge is 0.495 e. The number of hydrogen-bond acceptors (Lipinski definition) is 3. The molecular formula is C13H17BrN2O2. The molecule has 0 unspecified atom stereocenters. The summed E-state index contributed by atoms with van der Waals surface area (Å²) in [5, 5.41) is 6.03. The number of halogens is 1. The fourth-order valence-corrected chi connectivity index (χ4v) is 2.37. The summed E-state index contributed by atoms with van der Waals surface area (Å²) in [7, 11) is 3.46. The number of ether oxygens (including phenoxy) is 1. The van der Waals surface area contributed by atoms with Gasteiger partial charge in [0.1, 0.15) is 5.75 Å². The second kappa shape index (κ2) is 5.28. The molecule has 1 aromatic carbocycles. The fraction of sp³-hybridized carbons (Fsp3) is 0.462. The number of methoxy groups -OCH3 is 1. The Kier molecular flexibility index (Phi) is 3.92. The first-order chi connectivity index (χ1) is 8.61. The molecule has 4 nitrogen and oxygen atoms in total. The first-order valence-corrected chi connectivity index (χ1v) is 6.70. The highest BCUT2D eigenvalue weighted by Crippen LogP contribution is 2.46. The molecule has 1 fully saturated rings. The monoisotopic (exact) mass is 312 g/mol. The summed E-state index contributed by atoms with van der Waals surface area (Å²) in [5.74, 6) is 0.736. The molecule has 18 heavy (non-hydrogen) atoms. The van der Waals surface area contributed by atoms with E-state index in [1.54, 1.807) is 7.11 Å². The van der Waals surface area contributed by atoms with Crippen LogP contribution in [0.5, 0.6) is 5.75 Å². The predicted octanol–water partition coefficient (Wildman–Crippen LogP) is 2.40. The molecule has 2 N–H and O–H groups in total. The van der Waals surface area contributed by atoms with Gasteiger partial charge in [0.2, 0.25) is 5.91 Å². The van der Waals surface area contributed by atoms with Gasteiger partial charge in [-0.1, -0.05) is 15.9 Å². The lowest BCUT2D eigenvalue weighted by Gasteiger charge is -2.16. The third-order valence-electron chi connectivity index (χ3n) is 3.26. The molecule has 0 bridgehead atoms. The van der Waals surface area contributed by atoms with Crippen molar-refractivity contribution in [2.45, 2.75) is 12.8 Å². The smallest absolute Gasteiger partial charge is 0.231 e. The van der Waals surface area contributed by atoms with Gasteiger partial charge in [-0.25, -0.2) is 0 Å². The van der Waals surface area contributed by atoms with E-state index in [9.17, 15) is 4.79 Å². The van der Waals surface area contributed by atoms with Gasteiger partial charge in [0.15, 0.2) is 0 Å². The van der Waals surface area contributed by atoms with Crippen molar-refractivity contribution in [2.24, 2.45) is 5.41 Å². The van der Waals surface area contributed by atoms with Gasteiger partial charge in [-0.3, -0.25) is 4.79 Å². The van der Waals surface area contributed by atoms with Crippen LogP contribution in [0.4, 0.5) is 5.69 Å². The average Bonchev–Trinajstić information content (AvgIpc) is 3.11. The Morgan fingerprint density at radius 2 is 2.22 bits per heavy atom. The molecule has 0 spiro atoms. The van der Waals surface area contributed by atoms with Crippen LogP contribution in [0.3, 0.4) is 0 Å². The normalized spacial score (nSPS) is 16.2. The lowest BCUT2D eigenvalue weighted by molar-refractivity contribution is -0.121. The molecule has 0 radical (unpaired) electrons. The number of carbonyl (C=O) groups excluding carboxylic acids is 1. The molecule has 0 atom stereocenters. The predicted molar refractivity (Wildman–Crippen MR) is 74.9 cm³/mol. The Hall–Kier alpha value is -1.07. The first kappa shape index (κ1) is 13.4. The highest BCUT2D eigenvalue weighted by molar-refractivity contribution is 9.10. The molecular weight excluding hydrogens is 296 g/mol. The van der Waals surface area contributed by atoms with Crippen molar-refractivity contribution in [1.29, 1.82) is 0 Å². The van der Waals surface area contributed by atoms with Gasteiger partial charge in [-0.2, -0.15) is 0 Å². The Balaban J connectivity index is 2.14. The zero-order valence-electron chi connectivity index (χ0n) is 10.5. The van der Waals surface area contributed by atoms with E-state index in [4.69, 9.17) is 4.74 Å². The molecule has 1 amide bonds. The van der Waals surface area contributed by atoms with E-state index in [0.29, 0.717) is 11.4 Å². The molecule has 1 aliphatic rings. The zero-order valence-corrected chi connectivity index (χ0v) is 12.1. The molecule has 98 valence electrons. The minimum Gasteiger partial charge on any atom is -0.495 e. The quantitative estimate of drug-likeness (QED) is 0.877. The second-order valence-corrected chi connectivity index (χ2v) is 5.53. The van der Waals surface area contributed by atoms with Crippen LogP contribution in [-0.4, -0.2) is 26.6 Å². The van der Waals surface area contributed by atoms with Crippen LogP contribution >= 0.6 is 15.9 Å². The van der Waals surface area contributed by atoms with Crippen molar-refractivity contribution in [3.8, 4) is 5.75 Å². The first-order valence-electron chi connectivity index (χ1n) is 5.91. The third kappa shape index (κ3) is 2.67. The number of benzene rings is 1. The topological polar surface area (TPSA) is 50.4 Å². The minimum absolute atomic E-state index is 0.0632. The second-order valence-electron chi connectivity index (χ2n) is 4.61. The lowest BCUT2D eigenvalue weighted by Crippen LogP contribution is -2.32. The van der Waals surface area contributed by atoms with E-state index in [1.165, 1.54) is 0 Å². The van der Waals surface area contributed by atoms with Crippen molar-refractivity contribution in [2.75, 3.05) is 26.0 Å². The molecule has 0 saturated heterocycles. The lowest BCUT2D eigenvalue weighted by atomic mass is 10.1. The van der Waals surface area contributed by atoms with Crippen LogP contribution in [-0.2, 0) is 4.79 Å². The van der Waals surface area contributed by atoms with Crippen LogP contribution in [0.2, 0.25) is 0 Å². The summed E-state index contributed by atoms with van der Waals surface area (Å²) in [6.07, 6.45) is 1.88. The maximum absolute atomic E-state index is 12.2. The van der Waals surface area contributed by atoms with Gasteiger partial charge in [-0.05, 0) is 38.1 Å². The van der Waals surface area contributed by atoms with Gasteiger partial charge in [-0.15, -0.1) is 0 Å². The minimum atomic E-state index is -0.234. The number of nitrogens with one attached hydrogen (secondary N) is 2. The van der Waals surface area contributed by atoms with Gasteiger partial charge in [0.05, 0.1) is 18.2 Å². The van der Waals surface area contributed by atoms with Crippen LogP contribution < -0.4 is 15.4 Å². The number of hydrogen-bond donors (Lipinski definition) is 2. The number of rotatable bonds is 5. The van der Waals surface area contributed by atoms with Crippen LogP contribution in [0.25, 0.3) is 0 Å². The van der Waals surface area contributed by atoms with E-state index in [-0.39, 0.29) is 11.3 Å². The number of anilines is 1. The highest BCUT2D eigenvalue weighted by Gasteiger charge is 2.49. The molecule has 5 heteroatoms. The fourth-order valence-electron chi connectivity index (χ4n) is 2.01. The summed E-state index contributed by atoms with van der Waals surface area (Å²) in [5.41, 5.74) is 0.474. The Morgan fingerprint density at radius 1 is 1.50 bits per heavy atom. The molecule has 0 heterocycles. The Labute approximate surface area is 115 Å². The maximum atomic E-state index is 12.2. The standard InChI is InChI=1S/C13H17BrN2O2/c1-15-8-13(5-6-13)12(17)16-10-7-9(14)3-4-11(10)18-2/h3-4,7,15H,5-6,8H2,1-2H3,(H,16,17). The Morgan fingerprint density at radius 3 is 2.78 bits per heavy atom. The molecule has 1 aliphatic carbocycles. The van der Waals surface area contributed by atoms with E-state index < -0.39 is 0 Å². The van der Waals surface area contributed by atoms with Gasteiger partial charge in [0.25, 0.3) is 0 Å². The summed E-state index contributed by atoms with van der Waals surface area (Å²) >= 11 is 3.39. The van der Waals surface area contributed by atoms with Crippen molar-refractivity contribution < 1.29 is 9.53 Å². The van der Waals surface area contributed by atoms with Crippen LogP contribution in [0, 0.1) is 5.41 Å².